The lowest BCUT2D eigenvalue weighted by atomic mass is 10.0. The fourth-order valence-electron chi connectivity index (χ4n) is 2.72. The molecule has 0 amide bonds. The standard InChI is InChI=1S/C16H25FN2O/c1-3-19(12-14-6-4-5-9-18-14)11-13-7-8-15(20-2)10-16(13)17/h7-8,10,14,18H,3-6,9,11-12H2,1-2H3. The number of likely N-dealkylation sites (N-methyl/N-ethyl adjacent to an activating group) is 1. The number of benzene rings is 1. The van der Waals surface area contributed by atoms with Crippen LogP contribution in [0.25, 0.3) is 0 Å². The summed E-state index contributed by atoms with van der Waals surface area (Å²) in [6, 6.07) is 5.66. The molecule has 0 bridgehead atoms. The maximum Gasteiger partial charge on any atom is 0.131 e. The highest BCUT2D eigenvalue weighted by molar-refractivity contribution is 5.28. The molecule has 1 heterocycles. The van der Waals surface area contributed by atoms with Gasteiger partial charge in [0.1, 0.15) is 11.6 Å². The number of piperidine rings is 1. The Kier molecular flexibility index (Phi) is 5.80. The van der Waals surface area contributed by atoms with Gasteiger partial charge in [-0.15, -0.1) is 0 Å². The average molecular weight is 280 g/mol. The molecule has 0 radical (unpaired) electrons. The van der Waals surface area contributed by atoms with Crippen molar-refractivity contribution >= 4 is 0 Å². The molecule has 20 heavy (non-hydrogen) atoms. The minimum atomic E-state index is -0.181. The summed E-state index contributed by atoms with van der Waals surface area (Å²) < 4.78 is 19.0. The van der Waals surface area contributed by atoms with E-state index in [2.05, 4.69) is 17.1 Å². The Bertz CT molecular complexity index is 419. The van der Waals surface area contributed by atoms with Crippen LogP contribution in [0.3, 0.4) is 0 Å². The first-order chi connectivity index (χ1) is 9.72. The van der Waals surface area contributed by atoms with Crippen LogP contribution < -0.4 is 10.1 Å². The third kappa shape index (κ3) is 4.18. The van der Waals surface area contributed by atoms with E-state index in [4.69, 9.17) is 4.74 Å². The van der Waals surface area contributed by atoms with E-state index in [1.54, 1.807) is 7.11 Å². The number of methoxy groups -OCH3 is 1. The summed E-state index contributed by atoms with van der Waals surface area (Å²) in [7, 11) is 1.56. The Morgan fingerprint density at radius 3 is 2.85 bits per heavy atom. The van der Waals surface area contributed by atoms with Crippen molar-refractivity contribution < 1.29 is 9.13 Å². The number of ether oxygens (including phenoxy) is 1. The molecule has 1 aromatic rings. The van der Waals surface area contributed by atoms with Crippen molar-refractivity contribution in [1.82, 2.24) is 10.2 Å². The number of hydrogen-bond acceptors (Lipinski definition) is 3. The SMILES string of the molecule is CCN(Cc1ccc(OC)cc1F)CC1CCCCN1. The van der Waals surface area contributed by atoms with Gasteiger partial charge in [-0.25, -0.2) is 4.39 Å². The van der Waals surface area contributed by atoms with Crippen LogP contribution in [0.5, 0.6) is 5.75 Å². The Morgan fingerprint density at radius 1 is 1.40 bits per heavy atom. The van der Waals surface area contributed by atoms with E-state index in [9.17, 15) is 4.39 Å². The summed E-state index contributed by atoms with van der Waals surface area (Å²) in [4.78, 5) is 2.30. The lowest BCUT2D eigenvalue weighted by Gasteiger charge is -2.30. The maximum atomic E-state index is 14.0. The summed E-state index contributed by atoms with van der Waals surface area (Å²) >= 11 is 0. The van der Waals surface area contributed by atoms with Crippen LogP contribution in [-0.4, -0.2) is 37.7 Å². The quantitative estimate of drug-likeness (QED) is 0.867. The molecule has 3 nitrogen and oxygen atoms in total. The van der Waals surface area contributed by atoms with Gasteiger partial charge in [-0.2, -0.15) is 0 Å². The van der Waals surface area contributed by atoms with Crippen LogP contribution in [0.1, 0.15) is 31.7 Å². The highest BCUT2D eigenvalue weighted by Gasteiger charge is 2.17. The molecule has 0 saturated carbocycles. The predicted octanol–water partition coefficient (Wildman–Crippen LogP) is 2.80. The zero-order valence-electron chi connectivity index (χ0n) is 12.5. The molecular formula is C16H25FN2O. The molecule has 1 fully saturated rings. The van der Waals surface area contributed by atoms with Crippen molar-refractivity contribution in [2.75, 3.05) is 26.7 Å². The van der Waals surface area contributed by atoms with Gasteiger partial charge < -0.3 is 10.1 Å². The van der Waals surface area contributed by atoms with Crippen LogP contribution in [0.4, 0.5) is 4.39 Å². The van der Waals surface area contributed by atoms with Gasteiger partial charge in [0.05, 0.1) is 7.11 Å². The van der Waals surface area contributed by atoms with Gasteiger partial charge in [-0.05, 0) is 32.0 Å². The third-order valence-corrected chi connectivity index (χ3v) is 3.99. The normalized spacial score (nSPS) is 19.3. The molecule has 0 spiro atoms. The smallest absolute Gasteiger partial charge is 0.131 e. The molecule has 1 aliphatic rings. The third-order valence-electron chi connectivity index (χ3n) is 3.99. The largest absolute Gasteiger partial charge is 0.497 e. The summed E-state index contributed by atoms with van der Waals surface area (Å²) in [5.41, 5.74) is 0.739. The summed E-state index contributed by atoms with van der Waals surface area (Å²) in [5.74, 6) is 0.391. The monoisotopic (exact) mass is 280 g/mol. The highest BCUT2D eigenvalue weighted by Crippen LogP contribution is 2.18. The molecule has 1 unspecified atom stereocenters. The van der Waals surface area contributed by atoms with E-state index in [0.29, 0.717) is 18.3 Å². The molecule has 1 aromatic carbocycles. The molecule has 1 N–H and O–H groups in total. The molecular weight excluding hydrogens is 255 g/mol. The number of nitrogens with zero attached hydrogens (tertiary/aromatic N) is 1. The van der Waals surface area contributed by atoms with E-state index in [1.807, 2.05) is 12.1 Å². The van der Waals surface area contributed by atoms with Crippen molar-refractivity contribution in [3.05, 3.63) is 29.6 Å². The zero-order chi connectivity index (χ0) is 14.4. The minimum absolute atomic E-state index is 0.181. The van der Waals surface area contributed by atoms with E-state index in [0.717, 1.165) is 25.2 Å². The Morgan fingerprint density at radius 2 is 2.25 bits per heavy atom. The van der Waals surface area contributed by atoms with Crippen LogP contribution in [0.15, 0.2) is 18.2 Å². The minimum Gasteiger partial charge on any atom is -0.497 e. The van der Waals surface area contributed by atoms with Crippen molar-refractivity contribution in [3.63, 3.8) is 0 Å². The van der Waals surface area contributed by atoms with Gasteiger partial charge in [0.15, 0.2) is 0 Å². The molecule has 112 valence electrons. The van der Waals surface area contributed by atoms with E-state index in [1.165, 1.54) is 25.3 Å². The van der Waals surface area contributed by atoms with Gasteiger partial charge in [0.2, 0.25) is 0 Å². The second-order valence-electron chi connectivity index (χ2n) is 5.43. The molecule has 1 saturated heterocycles. The summed E-state index contributed by atoms with van der Waals surface area (Å²) in [6.45, 7) is 5.82. The van der Waals surface area contributed by atoms with Gasteiger partial charge in [-0.1, -0.05) is 19.4 Å². The summed E-state index contributed by atoms with van der Waals surface area (Å²) in [5, 5.41) is 3.55. The van der Waals surface area contributed by atoms with Crippen molar-refractivity contribution in [2.24, 2.45) is 0 Å². The van der Waals surface area contributed by atoms with Gasteiger partial charge in [0, 0.05) is 30.8 Å². The van der Waals surface area contributed by atoms with Gasteiger partial charge in [-0.3, -0.25) is 4.90 Å². The average Bonchev–Trinajstić information content (AvgIpc) is 2.49. The first kappa shape index (κ1) is 15.3. The first-order valence-corrected chi connectivity index (χ1v) is 7.51. The van der Waals surface area contributed by atoms with Crippen LogP contribution in [0.2, 0.25) is 0 Å². The number of hydrogen-bond donors (Lipinski definition) is 1. The molecule has 2 rings (SSSR count). The fourth-order valence-corrected chi connectivity index (χ4v) is 2.72. The van der Waals surface area contributed by atoms with E-state index in [-0.39, 0.29) is 5.82 Å². The second kappa shape index (κ2) is 7.60. The van der Waals surface area contributed by atoms with Crippen molar-refractivity contribution in [1.29, 1.82) is 0 Å². The van der Waals surface area contributed by atoms with E-state index >= 15 is 0 Å². The van der Waals surface area contributed by atoms with Gasteiger partial charge in [0.25, 0.3) is 0 Å². The zero-order valence-corrected chi connectivity index (χ0v) is 12.5. The molecule has 4 heteroatoms. The van der Waals surface area contributed by atoms with Crippen LogP contribution in [0, 0.1) is 5.82 Å². The Hall–Kier alpha value is -1.13. The number of halogens is 1. The predicted molar refractivity (Wildman–Crippen MR) is 79.5 cm³/mol. The molecule has 1 atom stereocenters. The molecule has 0 aliphatic carbocycles. The number of nitrogens with one attached hydrogen (secondary N) is 1. The van der Waals surface area contributed by atoms with Crippen molar-refractivity contribution in [2.45, 2.75) is 38.8 Å². The first-order valence-electron chi connectivity index (χ1n) is 7.51. The second-order valence-corrected chi connectivity index (χ2v) is 5.43. The highest BCUT2D eigenvalue weighted by atomic mass is 19.1. The Balaban J connectivity index is 1.94. The van der Waals surface area contributed by atoms with Crippen molar-refractivity contribution in [3.8, 4) is 5.75 Å². The van der Waals surface area contributed by atoms with Crippen LogP contribution in [-0.2, 0) is 6.54 Å². The molecule has 0 aromatic heterocycles. The lowest BCUT2D eigenvalue weighted by molar-refractivity contribution is 0.224. The van der Waals surface area contributed by atoms with Gasteiger partial charge >= 0.3 is 0 Å². The lowest BCUT2D eigenvalue weighted by Crippen LogP contribution is -2.43. The Labute approximate surface area is 121 Å². The molecule has 1 aliphatic heterocycles. The van der Waals surface area contributed by atoms with Crippen LogP contribution >= 0.6 is 0 Å². The van der Waals surface area contributed by atoms with E-state index < -0.39 is 0 Å². The maximum absolute atomic E-state index is 14.0. The topological polar surface area (TPSA) is 24.5 Å². The fraction of sp³-hybridized carbons (Fsp3) is 0.625. The number of rotatable bonds is 6. The summed E-state index contributed by atoms with van der Waals surface area (Å²) in [6.07, 6.45) is 3.80.